The molecule has 0 bridgehead atoms. The van der Waals surface area contributed by atoms with Crippen molar-refractivity contribution in [1.82, 2.24) is 5.32 Å². The van der Waals surface area contributed by atoms with Gasteiger partial charge in [-0.25, -0.2) is 0 Å². The van der Waals surface area contributed by atoms with Crippen molar-refractivity contribution in [2.45, 2.75) is 26.8 Å². The van der Waals surface area contributed by atoms with E-state index >= 15 is 0 Å². The Morgan fingerprint density at radius 1 is 1.18 bits per heavy atom. The van der Waals surface area contributed by atoms with Crippen molar-refractivity contribution in [2.75, 3.05) is 0 Å². The molecular formula is C17H18N2O3. The number of nitrogens with zero attached hydrogens (tertiary/aromatic N) is 1. The van der Waals surface area contributed by atoms with E-state index < -0.39 is 4.92 Å². The van der Waals surface area contributed by atoms with Crippen LogP contribution in [-0.2, 0) is 0 Å². The van der Waals surface area contributed by atoms with Gasteiger partial charge in [0.25, 0.3) is 11.6 Å². The Hall–Kier alpha value is -2.69. The number of nitro benzene ring substituents is 1. The van der Waals surface area contributed by atoms with Crippen molar-refractivity contribution >= 4 is 11.6 Å². The predicted octanol–water partition coefficient (Wildman–Crippen LogP) is 3.70. The lowest BCUT2D eigenvalue weighted by atomic mass is 10.00. The molecule has 22 heavy (non-hydrogen) atoms. The van der Waals surface area contributed by atoms with Crippen LogP contribution in [0.2, 0.25) is 0 Å². The number of carbonyl (C=O) groups is 1. The zero-order valence-corrected chi connectivity index (χ0v) is 12.8. The second-order valence-electron chi connectivity index (χ2n) is 5.36. The van der Waals surface area contributed by atoms with Gasteiger partial charge in [0.15, 0.2) is 0 Å². The van der Waals surface area contributed by atoms with E-state index in [1.54, 1.807) is 6.07 Å². The van der Waals surface area contributed by atoms with E-state index in [1.165, 1.54) is 23.8 Å². The maximum absolute atomic E-state index is 12.2. The minimum absolute atomic E-state index is 0.0909. The molecule has 2 aromatic carbocycles. The van der Waals surface area contributed by atoms with E-state index in [9.17, 15) is 14.9 Å². The molecule has 0 saturated carbocycles. The van der Waals surface area contributed by atoms with Gasteiger partial charge in [0, 0.05) is 17.7 Å². The van der Waals surface area contributed by atoms with Gasteiger partial charge in [-0.05, 0) is 38.0 Å². The second-order valence-corrected chi connectivity index (χ2v) is 5.36. The zero-order chi connectivity index (χ0) is 16.3. The quantitative estimate of drug-likeness (QED) is 0.691. The summed E-state index contributed by atoms with van der Waals surface area (Å²) in [5.41, 5.74) is 3.49. The van der Waals surface area contributed by atoms with Crippen LogP contribution in [0.5, 0.6) is 0 Å². The fraction of sp³-hybridized carbons (Fsp3) is 0.235. The molecule has 2 aromatic rings. The molecular weight excluding hydrogens is 280 g/mol. The second kappa shape index (κ2) is 6.39. The summed E-state index contributed by atoms with van der Waals surface area (Å²) in [4.78, 5) is 22.5. The first-order valence-corrected chi connectivity index (χ1v) is 7.01. The number of nitro groups is 1. The number of hydrogen-bond donors (Lipinski definition) is 1. The lowest BCUT2D eigenvalue weighted by Crippen LogP contribution is -2.27. The van der Waals surface area contributed by atoms with E-state index in [2.05, 4.69) is 11.4 Å². The lowest BCUT2D eigenvalue weighted by Gasteiger charge is -2.17. The third kappa shape index (κ3) is 3.49. The van der Waals surface area contributed by atoms with E-state index in [4.69, 9.17) is 0 Å². The average molecular weight is 298 g/mol. The van der Waals surface area contributed by atoms with Crippen LogP contribution >= 0.6 is 0 Å². The van der Waals surface area contributed by atoms with Crippen molar-refractivity contribution in [2.24, 2.45) is 0 Å². The van der Waals surface area contributed by atoms with Crippen LogP contribution in [-0.4, -0.2) is 10.8 Å². The standard InChI is InChI=1S/C17H18N2O3/c1-11-7-8-16(12(2)9-11)13(3)18-17(20)14-5-4-6-15(10-14)19(21)22/h4-10,13H,1-3H3,(H,18,20)/t13-/m1/s1. The highest BCUT2D eigenvalue weighted by Gasteiger charge is 2.15. The Balaban J connectivity index is 2.17. The third-order valence-electron chi connectivity index (χ3n) is 3.56. The molecule has 5 heteroatoms. The van der Waals surface area contributed by atoms with Crippen LogP contribution in [0.4, 0.5) is 5.69 Å². The molecule has 0 unspecified atom stereocenters. The normalized spacial score (nSPS) is 11.8. The Bertz CT molecular complexity index is 726. The molecule has 1 atom stereocenters. The van der Waals surface area contributed by atoms with E-state index in [0.717, 1.165) is 11.1 Å². The van der Waals surface area contributed by atoms with Crippen molar-refractivity contribution in [3.8, 4) is 0 Å². The van der Waals surface area contributed by atoms with Gasteiger partial charge in [-0.3, -0.25) is 14.9 Å². The Labute approximate surface area is 129 Å². The van der Waals surface area contributed by atoms with E-state index in [0.29, 0.717) is 0 Å². The Morgan fingerprint density at radius 3 is 2.55 bits per heavy atom. The molecule has 0 aromatic heterocycles. The predicted molar refractivity (Wildman–Crippen MR) is 84.9 cm³/mol. The topological polar surface area (TPSA) is 72.2 Å². The summed E-state index contributed by atoms with van der Waals surface area (Å²) in [6.45, 7) is 5.91. The van der Waals surface area contributed by atoms with Gasteiger partial charge in [-0.15, -0.1) is 0 Å². The number of non-ortho nitro benzene ring substituents is 1. The third-order valence-corrected chi connectivity index (χ3v) is 3.56. The van der Waals surface area contributed by atoms with E-state index in [1.807, 2.05) is 32.9 Å². The summed E-state index contributed by atoms with van der Waals surface area (Å²) in [5, 5.41) is 13.6. The lowest BCUT2D eigenvalue weighted by molar-refractivity contribution is -0.384. The summed E-state index contributed by atoms with van der Waals surface area (Å²) in [6, 6.07) is 11.6. The number of benzene rings is 2. The van der Waals surface area contributed by atoms with Crippen LogP contribution < -0.4 is 5.32 Å². The fourth-order valence-corrected chi connectivity index (χ4v) is 2.43. The van der Waals surface area contributed by atoms with Gasteiger partial charge >= 0.3 is 0 Å². The molecule has 2 rings (SSSR count). The molecule has 5 nitrogen and oxygen atoms in total. The summed E-state index contributed by atoms with van der Waals surface area (Å²) in [6.07, 6.45) is 0. The molecule has 1 N–H and O–H groups in total. The number of hydrogen-bond acceptors (Lipinski definition) is 3. The van der Waals surface area contributed by atoms with Gasteiger partial charge in [0.1, 0.15) is 0 Å². The van der Waals surface area contributed by atoms with Gasteiger partial charge in [0.2, 0.25) is 0 Å². The molecule has 1 amide bonds. The molecule has 0 aliphatic heterocycles. The van der Waals surface area contributed by atoms with Crippen LogP contribution in [0.3, 0.4) is 0 Å². The molecule has 0 aliphatic carbocycles. The molecule has 114 valence electrons. The largest absolute Gasteiger partial charge is 0.346 e. The van der Waals surface area contributed by atoms with Crippen LogP contribution in [0.15, 0.2) is 42.5 Å². The molecule has 0 spiro atoms. The van der Waals surface area contributed by atoms with Crippen molar-refractivity contribution in [3.05, 3.63) is 74.8 Å². The first-order valence-electron chi connectivity index (χ1n) is 7.01. The number of nitrogens with one attached hydrogen (secondary N) is 1. The maximum Gasteiger partial charge on any atom is 0.270 e. The van der Waals surface area contributed by atoms with Crippen LogP contribution in [0.1, 0.15) is 40.0 Å². The van der Waals surface area contributed by atoms with Gasteiger partial charge < -0.3 is 5.32 Å². The van der Waals surface area contributed by atoms with Crippen LogP contribution in [0.25, 0.3) is 0 Å². The summed E-state index contributed by atoms with van der Waals surface area (Å²) >= 11 is 0. The number of aryl methyl sites for hydroxylation is 2. The van der Waals surface area contributed by atoms with Crippen molar-refractivity contribution in [1.29, 1.82) is 0 Å². The van der Waals surface area contributed by atoms with Crippen molar-refractivity contribution < 1.29 is 9.72 Å². The maximum atomic E-state index is 12.2. The summed E-state index contributed by atoms with van der Waals surface area (Å²) in [5.74, 6) is -0.323. The highest BCUT2D eigenvalue weighted by atomic mass is 16.6. The molecule has 0 aliphatic rings. The summed E-state index contributed by atoms with van der Waals surface area (Å²) < 4.78 is 0. The summed E-state index contributed by atoms with van der Waals surface area (Å²) in [7, 11) is 0. The monoisotopic (exact) mass is 298 g/mol. The van der Waals surface area contributed by atoms with Gasteiger partial charge in [-0.2, -0.15) is 0 Å². The van der Waals surface area contributed by atoms with Crippen LogP contribution in [0, 0.1) is 24.0 Å². The van der Waals surface area contributed by atoms with Crippen molar-refractivity contribution in [3.63, 3.8) is 0 Å². The minimum Gasteiger partial charge on any atom is -0.346 e. The molecule has 0 fully saturated rings. The van der Waals surface area contributed by atoms with E-state index in [-0.39, 0.29) is 23.2 Å². The highest BCUT2D eigenvalue weighted by Crippen LogP contribution is 2.20. The molecule has 0 radical (unpaired) electrons. The number of amides is 1. The first kappa shape index (κ1) is 15.7. The Kier molecular flexibility index (Phi) is 4.56. The molecule has 0 heterocycles. The average Bonchev–Trinajstić information content (AvgIpc) is 2.47. The van der Waals surface area contributed by atoms with Gasteiger partial charge in [0.05, 0.1) is 11.0 Å². The molecule has 0 saturated heterocycles. The SMILES string of the molecule is Cc1ccc([C@@H](C)NC(=O)c2cccc([N+](=O)[O-])c2)c(C)c1. The number of carbonyl (C=O) groups excluding carboxylic acids is 1. The smallest absolute Gasteiger partial charge is 0.270 e. The minimum atomic E-state index is -0.510. The van der Waals surface area contributed by atoms with Gasteiger partial charge in [-0.1, -0.05) is 29.8 Å². The fourth-order valence-electron chi connectivity index (χ4n) is 2.43. The Morgan fingerprint density at radius 2 is 1.91 bits per heavy atom. The first-order chi connectivity index (χ1) is 10.4. The number of rotatable bonds is 4. The highest BCUT2D eigenvalue weighted by molar-refractivity contribution is 5.95. The zero-order valence-electron chi connectivity index (χ0n) is 12.8.